The average molecular weight is 197 g/mol. The fraction of sp³-hybridized carbons (Fsp3) is 0.333. The van der Waals surface area contributed by atoms with Crippen LogP contribution in [0.15, 0.2) is 12.7 Å². The maximum atomic E-state index is 10.5. The van der Waals surface area contributed by atoms with Gasteiger partial charge in [0.2, 0.25) is 0 Å². The van der Waals surface area contributed by atoms with E-state index < -0.39 is 18.2 Å². The summed E-state index contributed by atoms with van der Waals surface area (Å²) in [6.45, 7) is 4.37. The van der Waals surface area contributed by atoms with Gasteiger partial charge in [-0.25, -0.2) is 0 Å². The first-order chi connectivity index (χ1) is 6.43. The zero-order valence-electron chi connectivity index (χ0n) is 7.82. The van der Waals surface area contributed by atoms with E-state index in [4.69, 9.17) is 10.4 Å². The molecule has 0 aliphatic rings. The minimum Gasteiger partial charge on any atom is -0.481 e. The molecule has 0 radical (unpaired) electrons. The number of carboxylic acid groups (broad SMARTS) is 1. The van der Waals surface area contributed by atoms with Crippen LogP contribution in [-0.2, 0) is 14.4 Å². The van der Waals surface area contributed by atoms with Crippen LogP contribution in [-0.4, -0.2) is 22.6 Å². The minimum atomic E-state index is -1.19. The Labute approximate surface area is 81.6 Å². The largest absolute Gasteiger partial charge is 0.481 e. The van der Waals surface area contributed by atoms with Crippen LogP contribution in [0.25, 0.3) is 0 Å². The number of carbonyl (C=O) groups excluding carboxylic acids is 2. The van der Waals surface area contributed by atoms with Crippen molar-refractivity contribution in [2.75, 3.05) is 0 Å². The van der Waals surface area contributed by atoms with Gasteiger partial charge in [0.25, 0.3) is 0 Å². The molecule has 0 rings (SSSR count). The van der Waals surface area contributed by atoms with Crippen LogP contribution >= 0.6 is 0 Å². The summed E-state index contributed by atoms with van der Waals surface area (Å²) in [5.41, 5.74) is 0. The summed E-state index contributed by atoms with van der Waals surface area (Å²) >= 11 is 0. The fourth-order valence-corrected chi connectivity index (χ4v) is 0.509. The first kappa shape index (κ1) is 14.6. The minimum absolute atomic E-state index is 0.272. The van der Waals surface area contributed by atoms with Crippen LogP contribution in [0, 0.1) is 11.3 Å². The molecule has 0 aromatic carbocycles. The van der Waals surface area contributed by atoms with Crippen LogP contribution in [0.1, 0.15) is 19.8 Å². The Kier molecular flexibility index (Phi) is 9.49. The highest BCUT2D eigenvalue weighted by molar-refractivity contribution is 6.04. The maximum Gasteiger partial charge on any atom is 0.310 e. The third-order valence-corrected chi connectivity index (χ3v) is 0.886. The number of ketones is 2. The topological polar surface area (TPSA) is 95.2 Å². The van der Waals surface area contributed by atoms with Gasteiger partial charge in [0.05, 0.1) is 12.5 Å². The van der Waals surface area contributed by atoms with E-state index in [1.807, 2.05) is 0 Å². The molecule has 0 spiro atoms. The summed E-state index contributed by atoms with van der Waals surface area (Å²) in [4.78, 5) is 30.5. The SMILES string of the molecule is C=CC#N.CC(=O)CC(=O)CC(=O)O. The van der Waals surface area contributed by atoms with Crippen molar-refractivity contribution in [3.63, 3.8) is 0 Å². The molecule has 0 saturated heterocycles. The molecular weight excluding hydrogens is 186 g/mol. The highest BCUT2D eigenvalue weighted by Gasteiger charge is 2.08. The van der Waals surface area contributed by atoms with Crippen LogP contribution in [0.4, 0.5) is 0 Å². The zero-order chi connectivity index (χ0) is 11.6. The molecule has 0 fully saturated rings. The molecule has 0 amide bonds. The second kappa shape index (κ2) is 9.13. The van der Waals surface area contributed by atoms with Crippen molar-refractivity contribution in [1.29, 1.82) is 5.26 Å². The number of carboxylic acids is 1. The molecule has 0 aliphatic carbocycles. The summed E-state index contributed by atoms with van der Waals surface area (Å²) in [5, 5.41) is 15.6. The quantitative estimate of drug-likeness (QED) is 0.528. The van der Waals surface area contributed by atoms with E-state index in [0.717, 1.165) is 0 Å². The fourth-order valence-electron chi connectivity index (χ4n) is 0.509. The van der Waals surface area contributed by atoms with Gasteiger partial charge in [0, 0.05) is 6.08 Å². The average Bonchev–Trinajstić information content (AvgIpc) is 2.01. The van der Waals surface area contributed by atoms with E-state index in [1.54, 1.807) is 6.07 Å². The Morgan fingerprint density at radius 2 is 1.86 bits per heavy atom. The lowest BCUT2D eigenvalue weighted by Crippen LogP contribution is -2.09. The number of rotatable bonds is 4. The lowest BCUT2D eigenvalue weighted by Gasteiger charge is -1.90. The molecule has 0 bridgehead atoms. The first-order valence-electron chi connectivity index (χ1n) is 3.67. The Morgan fingerprint density at radius 3 is 2.07 bits per heavy atom. The van der Waals surface area contributed by atoms with Crippen molar-refractivity contribution in [3.05, 3.63) is 12.7 Å². The van der Waals surface area contributed by atoms with E-state index in [2.05, 4.69) is 6.58 Å². The molecule has 0 aromatic rings. The van der Waals surface area contributed by atoms with Gasteiger partial charge in [-0.1, -0.05) is 6.58 Å². The lowest BCUT2D eigenvalue weighted by atomic mass is 10.2. The van der Waals surface area contributed by atoms with Crippen LogP contribution < -0.4 is 0 Å². The molecule has 0 aliphatic heterocycles. The van der Waals surface area contributed by atoms with Crippen LogP contribution in [0.3, 0.4) is 0 Å². The normalized spacial score (nSPS) is 7.43. The van der Waals surface area contributed by atoms with E-state index in [0.29, 0.717) is 0 Å². The van der Waals surface area contributed by atoms with Crippen molar-refractivity contribution >= 4 is 17.5 Å². The van der Waals surface area contributed by atoms with Gasteiger partial charge in [-0.2, -0.15) is 5.26 Å². The van der Waals surface area contributed by atoms with Gasteiger partial charge in [-0.3, -0.25) is 14.4 Å². The number of carbonyl (C=O) groups is 3. The molecule has 76 valence electrons. The second-order valence-corrected chi connectivity index (χ2v) is 2.32. The number of nitriles is 1. The molecule has 1 N–H and O–H groups in total. The molecule has 0 saturated carbocycles. The van der Waals surface area contributed by atoms with E-state index >= 15 is 0 Å². The van der Waals surface area contributed by atoms with E-state index in [1.165, 1.54) is 13.0 Å². The number of aliphatic carboxylic acids is 1. The molecule has 14 heavy (non-hydrogen) atoms. The summed E-state index contributed by atoms with van der Waals surface area (Å²) in [6.07, 6.45) is 0.353. The van der Waals surface area contributed by atoms with Crippen molar-refractivity contribution in [1.82, 2.24) is 0 Å². The molecule has 5 nitrogen and oxygen atoms in total. The summed E-state index contributed by atoms with van der Waals surface area (Å²) in [7, 11) is 0. The molecule has 0 atom stereocenters. The van der Waals surface area contributed by atoms with Gasteiger partial charge in [0.1, 0.15) is 12.2 Å². The van der Waals surface area contributed by atoms with Crippen LogP contribution in [0.2, 0.25) is 0 Å². The first-order valence-corrected chi connectivity index (χ1v) is 3.67. The van der Waals surface area contributed by atoms with Gasteiger partial charge in [0.15, 0.2) is 5.78 Å². The Bertz CT molecular complexity index is 257. The number of nitrogens with zero attached hydrogens (tertiary/aromatic N) is 1. The van der Waals surface area contributed by atoms with Gasteiger partial charge < -0.3 is 5.11 Å². The number of allylic oxidation sites excluding steroid dienone is 1. The van der Waals surface area contributed by atoms with E-state index in [-0.39, 0.29) is 12.2 Å². The highest BCUT2D eigenvalue weighted by atomic mass is 16.4. The third kappa shape index (κ3) is 16.6. The maximum absolute atomic E-state index is 10.5. The van der Waals surface area contributed by atoms with E-state index in [9.17, 15) is 14.4 Å². The standard InChI is InChI=1S/C6H8O4.C3H3N/c1-4(7)2-5(8)3-6(9)10;1-2-3-4/h2-3H2,1H3,(H,9,10);2H,1H2. The molecule has 0 aromatic heterocycles. The van der Waals surface area contributed by atoms with Crippen molar-refractivity contribution < 1.29 is 19.5 Å². The molecule has 5 heteroatoms. The van der Waals surface area contributed by atoms with Gasteiger partial charge >= 0.3 is 5.97 Å². The smallest absolute Gasteiger partial charge is 0.310 e. The lowest BCUT2D eigenvalue weighted by molar-refractivity contribution is -0.140. The Morgan fingerprint density at radius 1 is 1.43 bits per heavy atom. The summed E-state index contributed by atoms with van der Waals surface area (Å²) < 4.78 is 0. The predicted octanol–water partition coefficient (Wildman–Crippen LogP) is 0.705. The monoisotopic (exact) mass is 197 g/mol. The molecule has 0 unspecified atom stereocenters. The number of hydrogen-bond acceptors (Lipinski definition) is 4. The summed E-state index contributed by atoms with van der Waals surface area (Å²) in [5.74, 6) is -2.03. The predicted molar refractivity (Wildman–Crippen MR) is 48.4 cm³/mol. The Hall–Kier alpha value is -1.96. The number of hydrogen-bond donors (Lipinski definition) is 1. The zero-order valence-corrected chi connectivity index (χ0v) is 7.82. The third-order valence-electron chi connectivity index (χ3n) is 0.886. The van der Waals surface area contributed by atoms with Gasteiger partial charge in [-0.15, -0.1) is 0 Å². The second-order valence-electron chi connectivity index (χ2n) is 2.32. The highest BCUT2D eigenvalue weighted by Crippen LogP contribution is 1.90. The van der Waals surface area contributed by atoms with Crippen LogP contribution in [0.5, 0.6) is 0 Å². The van der Waals surface area contributed by atoms with Crippen molar-refractivity contribution in [2.24, 2.45) is 0 Å². The number of Topliss-reactive ketones (excluding diaryl/α,β-unsaturated/α-hetero) is 2. The van der Waals surface area contributed by atoms with Gasteiger partial charge in [-0.05, 0) is 6.92 Å². The van der Waals surface area contributed by atoms with Crippen molar-refractivity contribution in [2.45, 2.75) is 19.8 Å². The molecular formula is C9H11NO4. The summed E-state index contributed by atoms with van der Waals surface area (Å²) in [6, 6.07) is 1.69. The Balaban J connectivity index is 0. The molecule has 0 heterocycles. The van der Waals surface area contributed by atoms with Crippen molar-refractivity contribution in [3.8, 4) is 6.07 Å².